The minimum absolute atomic E-state index is 0.244. The molecule has 2 N–H and O–H groups in total. The van der Waals surface area contributed by atoms with E-state index in [2.05, 4.69) is 20.6 Å². The molecule has 2 aromatic heterocycles. The fourth-order valence-electron chi connectivity index (χ4n) is 2.42. The predicted molar refractivity (Wildman–Crippen MR) is 96.9 cm³/mol. The van der Waals surface area contributed by atoms with Crippen LogP contribution in [0.3, 0.4) is 0 Å². The molecule has 0 atom stereocenters. The molecule has 0 bridgehead atoms. The lowest BCUT2D eigenvalue weighted by Gasteiger charge is -2.11. The maximum absolute atomic E-state index is 12.5. The molecule has 1 amide bonds. The zero-order valence-electron chi connectivity index (χ0n) is 13.8. The van der Waals surface area contributed by atoms with Crippen molar-refractivity contribution in [3.8, 4) is 0 Å². The van der Waals surface area contributed by atoms with Crippen molar-refractivity contribution < 1.29 is 9.21 Å². The van der Waals surface area contributed by atoms with E-state index in [4.69, 9.17) is 16.0 Å². The highest BCUT2D eigenvalue weighted by molar-refractivity contribution is 6.34. The van der Waals surface area contributed by atoms with E-state index in [1.807, 2.05) is 32.0 Å². The molecule has 3 rings (SSSR count). The van der Waals surface area contributed by atoms with Gasteiger partial charge in [0.25, 0.3) is 5.91 Å². The van der Waals surface area contributed by atoms with E-state index in [0.29, 0.717) is 23.1 Å². The van der Waals surface area contributed by atoms with E-state index >= 15 is 0 Å². The number of furan rings is 1. The van der Waals surface area contributed by atoms with Crippen LogP contribution in [0.15, 0.2) is 47.3 Å². The maximum Gasteiger partial charge on any atom is 0.274 e. The first-order chi connectivity index (χ1) is 12.0. The average Bonchev–Trinajstić information content (AvgIpc) is 3.10. The second-order valence-corrected chi connectivity index (χ2v) is 6.02. The number of hydrogen-bond donors (Lipinski definition) is 2. The molecule has 128 valence electrons. The summed E-state index contributed by atoms with van der Waals surface area (Å²) in [6, 6.07) is 9.00. The van der Waals surface area contributed by atoms with E-state index in [-0.39, 0.29) is 11.6 Å². The van der Waals surface area contributed by atoms with Crippen LogP contribution >= 0.6 is 11.6 Å². The van der Waals surface area contributed by atoms with Crippen LogP contribution in [0.4, 0.5) is 11.5 Å². The number of nitrogens with one attached hydrogen (secondary N) is 2. The smallest absolute Gasteiger partial charge is 0.274 e. The quantitative estimate of drug-likeness (QED) is 0.716. The van der Waals surface area contributed by atoms with Crippen molar-refractivity contribution in [2.75, 3.05) is 10.6 Å². The van der Waals surface area contributed by atoms with Crippen LogP contribution in [0.2, 0.25) is 5.02 Å². The van der Waals surface area contributed by atoms with E-state index in [1.54, 1.807) is 18.4 Å². The van der Waals surface area contributed by atoms with Crippen molar-refractivity contribution in [3.63, 3.8) is 0 Å². The molecule has 25 heavy (non-hydrogen) atoms. The van der Waals surface area contributed by atoms with Gasteiger partial charge in [-0.2, -0.15) is 0 Å². The van der Waals surface area contributed by atoms with E-state index < -0.39 is 0 Å². The number of amides is 1. The first-order valence-electron chi connectivity index (χ1n) is 7.69. The summed E-state index contributed by atoms with van der Waals surface area (Å²) in [6.07, 6.45) is 2.94. The fraction of sp³-hybridized carbons (Fsp3) is 0.167. The van der Waals surface area contributed by atoms with Crippen molar-refractivity contribution in [1.29, 1.82) is 0 Å². The monoisotopic (exact) mass is 356 g/mol. The lowest BCUT2D eigenvalue weighted by molar-refractivity contribution is 0.102. The highest BCUT2D eigenvalue weighted by Crippen LogP contribution is 2.27. The third-order valence-corrected chi connectivity index (χ3v) is 3.89. The summed E-state index contributed by atoms with van der Waals surface area (Å²) in [7, 11) is 0. The Balaban J connectivity index is 1.73. The van der Waals surface area contributed by atoms with Gasteiger partial charge in [0.05, 0.1) is 23.5 Å². The van der Waals surface area contributed by atoms with E-state index in [1.165, 1.54) is 6.33 Å². The van der Waals surface area contributed by atoms with Gasteiger partial charge in [-0.25, -0.2) is 9.97 Å². The largest absolute Gasteiger partial charge is 0.467 e. The Bertz CT molecular complexity index is 871. The van der Waals surface area contributed by atoms with Crippen LogP contribution in [-0.2, 0) is 6.54 Å². The standard InChI is InChI=1S/C18H17ClN4O2/c1-11-6-12(2)17(14(19)7-11)23-18(24)15-8-16(22-10-21-15)20-9-13-4-3-5-25-13/h3-8,10H,9H2,1-2H3,(H,23,24)(H,20,21,22). The van der Waals surface area contributed by atoms with Gasteiger partial charge in [-0.3, -0.25) is 4.79 Å². The van der Waals surface area contributed by atoms with Gasteiger partial charge < -0.3 is 15.1 Å². The number of nitrogens with zero attached hydrogens (tertiary/aromatic N) is 2. The summed E-state index contributed by atoms with van der Waals surface area (Å²) < 4.78 is 5.25. The van der Waals surface area contributed by atoms with Crippen molar-refractivity contribution in [1.82, 2.24) is 9.97 Å². The molecule has 0 saturated carbocycles. The van der Waals surface area contributed by atoms with Gasteiger partial charge in [0, 0.05) is 6.07 Å². The summed E-state index contributed by atoms with van der Waals surface area (Å²) >= 11 is 6.23. The van der Waals surface area contributed by atoms with Gasteiger partial charge in [0.2, 0.25) is 0 Å². The zero-order chi connectivity index (χ0) is 17.8. The molecule has 0 aliphatic rings. The van der Waals surface area contributed by atoms with Crippen LogP contribution in [0, 0.1) is 13.8 Å². The molecule has 0 spiro atoms. The average molecular weight is 357 g/mol. The molecule has 0 saturated heterocycles. The molecule has 0 unspecified atom stereocenters. The number of aryl methyl sites for hydroxylation is 2. The van der Waals surface area contributed by atoms with Crippen LogP contribution in [-0.4, -0.2) is 15.9 Å². The Kier molecular flexibility index (Phi) is 5.00. The van der Waals surface area contributed by atoms with Crippen LogP contribution in [0.5, 0.6) is 0 Å². The topological polar surface area (TPSA) is 80.0 Å². The Morgan fingerprint density at radius 3 is 2.80 bits per heavy atom. The molecule has 0 radical (unpaired) electrons. The van der Waals surface area contributed by atoms with Crippen molar-refractivity contribution >= 4 is 29.0 Å². The summed E-state index contributed by atoms with van der Waals surface area (Å²) in [4.78, 5) is 20.6. The fourth-order valence-corrected chi connectivity index (χ4v) is 2.79. The molecule has 0 fully saturated rings. The lowest BCUT2D eigenvalue weighted by Crippen LogP contribution is -2.15. The first-order valence-corrected chi connectivity index (χ1v) is 8.07. The number of aromatic nitrogens is 2. The molecule has 6 nitrogen and oxygen atoms in total. The van der Waals surface area contributed by atoms with Gasteiger partial charge in [-0.15, -0.1) is 0 Å². The normalized spacial score (nSPS) is 10.5. The van der Waals surface area contributed by atoms with Crippen LogP contribution in [0.1, 0.15) is 27.4 Å². The van der Waals surface area contributed by atoms with E-state index in [9.17, 15) is 4.79 Å². The van der Waals surface area contributed by atoms with Crippen molar-refractivity contribution in [2.45, 2.75) is 20.4 Å². The number of benzene rings is 1. The summed E-state index contributed by atoms with van der Waals surface area (Å²) in [5.74, 6) is 0.951. The third kappa shape index (κ3) is 4.16. The summed E-state index contributed by atoms with van der Waals surface area (Å²) in [5, 5.41) is 6.39. The number of anilines is 2. The Morgan fingerprint density at radius 1 is 1.24 bits per heavy atom. The van der Waals surface area contributed by atoms with Gasteiger partial charge in [-0.05, 0) is 43.2 Å². The Hall–Kier alpha value is -2.86. The lowest BCUT2D eigenvalue weighted by atomic mass is 10.1. The number of carbonyl (C=O) groups is 1. The van der Waals surface area contributed by atoms with Gasteiger partial charge in [-0.1, -0.05) is 17.7 Å². The third-order valence-electron chi connectivity index (χ3n) is 3.59. The number of halogens is 1. The van der Waals surface area contributed by atoms with Gasteiger partial charge >= 0.3 is 0 Å². The van der Waals surface area contributed by atoms with Crippen LogP contribution < -0.4 is 10.6 Å². The molecule has 0 aliphatic carbocycles. The highest BCUT2D eigenvalue weighted by atomic mass is 35.5. The minimum atomic E-state index is -0.350. The molecule has 1 aromatic carbocycles. The molecule has 0 aliphatic heterocycles. The number of hydrogen-bond acceptors (Lipinski definition) is 5. The van der Waals surface area contributed by atoms with Gasteiger partial charge in [0.15, 0.2) is 0 Å². The summed E-state index contributed by atoms with van der Waals surface area (Å²) in [6.45, 7) is 4.31. The molecule has 7 heteroatoms. The maximum atomic E-state index is 12.5. The zero-order valence-corrected chi connectivity index (χ0v) is 14.6. The Morgan fingerprint density at radius 2 is 2.08 bits per heavy atom. The first kappa shape index (κ1) is 17.0. The Labute approximate surface area is 150 Å². The molecular weight excluding hydrogens is 340 g/mol. The minimum Gasteiger partial charge on any atom is -0.467 e. The highest BCUT2D eigenvalue weighted by Gasteiger charge is 2.13. The van der Waals surface area contributed by atoms with E-state index in [0.717, 1.165) is 16.9 Å². The second kappa shape index (κ2) is 7.36. The molecule has 3 aromatic rings. The molecule has 2 heterocycles. The number of rotatable bonds is 5. The van der Waals surface area contributed by atoms with Crippen molar-refractivity contribution in [3.05, 3.63) is 70.5 Å². The summed E-state index contributed by atoms with van der Waals surface area (Å²) in [5.41, 5.74) is 2.75. The second-order valence-electron chi connectivity index (χ2n) is 5.61. The number of carbonyl (C=O) groups excluding carboxylic acids is 1. The molecular formula is C18H17ClN4O2. The van der Waals surface area contributed by atoms with Gasteiger partial charge in [0.1, 0.15) is 23.6 Å². The predicted octanol–water partition coefficient (Wildman–Crippen LogP) is 4.20. The SMILES string of the molecule is Cc1cc(C)c(NC(=O)c2cc(NCc3ccco3)ncn2)c(Cl)c1. The van der Waals surface area contributed by atoms with Crippen LogP contribution in [0.25, 0.3) is 0 Å². The van der Waals surface area contributed by atoms with Crippen molar-refractivity contribution in [2.24, 2.45) is 0 Å².